The number of nitrogens with zero attached hydrogens (tertiary/aromatic N) is 1. The molecule has 39 heavy (non-hydrogen) atoms. The minimum Gasteiger partial charge on any atom is -0.400 e. The van der Waals surface area contributed by atoms with E-state index in [0.29, 0.717) is 25.8 Å². The number of carbonyl (C=O) groups excluding carboxylic acids is 3. The Morgan fingerprint density at radius 2 is 1.44 bits per heavy atom. The summed E-state index contributed by atoms with van der Waals surface area (Å²) in [6.45, 7) is 0.614. The minimum absolute atomic E-state index is 0.0665. The normalized spacial score (nSPS) is 18.8. The van der Waals surface area contributed by atoms with Crippen LogP contribution in [-0.2, 0) is 19.1 Å². The first-order chi connectivity index (χ1) is 18.8. The molecule has 0 amide bonds. The van der Waals surface area contributed by atoms with E-state index in [9.17, 15) is 27.6 Å². The largest absolute Gasteiger partial charge is 0.421 e. The standard InChI is InChI=1S/C30H26F3NO5/c31-22-11-7-19(8-12-22)24(20-9-13-23(32)14-10-20)5-3-16-34-17-15-21(18-30(34)38-28(36)29(37)39-30)27(35)25-4-1-2-6-26(25)33/h1-2,4,6-14,21,24H,3,5,15-18H2. The second-order valence-corrected chi connectivity index (χ2v) is 9.81. The Kier molecular flexibility index (Phi) is 7.52. The van der Waals surface area contributed by atoms with E-state index in [1.807, 2.05) is 0 Å². The van der Waals surface area contributed by atoms with Crippen LogP contribution in [0.1, 0.15) is 53.1 Å². The molecule has 5 rings (SSSR count). The molecule has 0 saturated carbocycles. The number of hydrogen-bond donors (Lipinski definition) is 0. The van der Waals surface area contributed by atoms with Gasteiger partial charge in [0.1, 0.15) is 17.5 Å². The average Bonchev–Trinajstić information content (AvgIpc) is 3.21. The van der Waals surface area contributed by atoms with E-state index in [-0.39, 0.29) is 36.1 Å². The first kappa shape index (κ1) is 26.6. The van der Waals surface area contributed by atoms with Gasteiger partial charge < -0.3 is 9.47 Å². The van der Waals surface area contributed by atoms with Gasteiger partial charge in [-0.25, -0.2) is 27.7 Å². The third-order valence-corrected chi connectivity index (χ3v) is 7.38. The fraction of sp³-hybridized carbons (Fsp3) is 0.300. The number of likely N-dealkylation sites (tertiary alicyclic amines) is 1. The molecule has 1 spiro atoms. The van der Waals surface area contributed by atoms with Gasteiger partial charge in [0.15, 0.2) is 5.78 Å². The number of hydrogen-bond acceptors (Lipinski definition) is 6. The topological polar surface area (TPSA) is 72.9 Å². The highest BCUT2D eigenvalue weighted by Crippen LogP contribution is 2.40. The molecular weight excluding hydrogens is 511 g/mol. The van der Waals surface area contributed by atoms with Crippen LogP contribution in [0.25, 0.3) is 0 Å². The van der Waals surface area contributed by atoms with Gasteiger partial charge in [0, 0.05) is 24.9 Å². The Hall–Kier alpha value is -3.98. The van der Waals surface area contributed by atoms with Gasteiger partial charge in [0.25, 0.3) is 0 Å². The van der Waals surface area contributed by atoms with Crippen LogP contribution in [0.2, 0.25) is 0 Å². The molecule has 6 nitrogen and oxygen atoms in total. The van der Waals surface area contributed by atoms with Crippen LogP contribution >= 0.6 is 0 Å². The fourth-order valence-electron chi connectivity index (χ4n) is 5.42. The van der Waals surface area contributed by atoms with Crippen molar-refractivity contribution in [3.05, 3.63) is 107 Å². The van der Waals surface area contributed by atoms with Crippen LogP contribution < -0.4 is 0 Å². The van der Waals surface area contributed by atoms with E-state index in [1.165, 1.54) is 42.5 Å². The Morgan fingerprint density at radius 1 is 0.872 bits per heavy atom. The lowest BCUT2D eigenvalue weighted by Crippen LogP contribution is -2.56. The smallest absolute Gasteiger partial charge is 0.400 e. The van der Waals surface area contributed by atoms with Crippen LogP contribution in [0.15, 0.2) is 72.8 Å². The molecule has 9 heteroatoms. The maximum atomic E-state index is 14.3. The Labute approximate surface area is 223 Å². The summed E-state index contributed by atoms with van der Waals surface area (Å²) in [4.78, 5) is 39.0. The van der Waals surface area contributed by atoms with E-state index in [1.54, 1.807) is 35.2 Å². The summed E-state index contributed by atoms with van der Waals surface area (Å²) in [6.07, 6.45) is 1.35. The number of esters is 2. The SMILES string of the molecule is O=C1OC2(CC(C(=O)c3ccccc3F)CCN2CCCC(c2ccc(F)cc2)c2ccc(F)cc2)OC1=O. The van der Waals surface area contributed by atoms with Gasteiger partial charge in [-0.2, -0.15) is 0 Å². The molecule has 0 bridgehead atoms. The molecule has 2 aliphatic rings. The molecule has 0 aromatic heterocycles. The maximum absolute atomic E-state index is 14.3. The van der Waals surface area contributed by atoms with Crippen molar-refractivity contribution in [2.24, 2.45) is 5.92 Å². The molecule has 3 aromatic rings. The molecule has 1 unspecified atom stereocenters. The van der Waals surface area contributed by atoms with Crippen LogP contribution in [0, 0.1) is 23.4 Å². The number of benzene rings is 3. The van der Waals surface area contributed by atoms with E-state index in [2.05, 4.69) is 0 Å². The minimum atomic E-state index is -1.75. The number of halogens is 3. The highest BCUT2D eigenvalue weighted by atomic mass is 19.1. The second-order valence-electron chi connectivity index (χ2n) is 9.81. The van der Waals surface area contributed by atoms with Gasteiger partial charge >= 0.3 is 17.8 Å². The van der Waals surface area contributed by atoms with Gasteiger partial charge in [-0.15, -0.1) is 0 Å². The number of piperidine rings is 1. The lowest BCUT2D eigenvalue weighted by molar-refractivity contribution is -0.268. The molecule has 2 heterocycles. The van der Waals surface area contributed by atoms with E-state index >= 15 is 0 Å². The predicted molar refractivity (Wildman–Crippen MR) is 134 cm³/mol. The molecule has 3 aromatic carbocycles. The number of carbonyl (C=O) groups is 3. The highest BCUT2D eigenvalue weighted by molar-refractivity contribution is 6.31. The fourth-order valence-corrected chi connectivity index (χ4v) is 5.42. The highest BCUT2D eigenvalue weighted by Gasteiger charge is 2.56. The van der Waals surface area contributed by atoms with Gasteiger partial charge in [0.2, 0.25) is 0 Å². The summed E-state index contributed by atoms with van der Waals surface area (Å²) >= 11 is 0. The third kappa shape index (κ3) is 5.59. The number of ketones is 1. The summed E-state index contributed by atoms with van der Waals surface area (Å²) in [6, 6.07) is 17.9. The second kappa shape index (κ2) is 11.0. The number of Topliss-reactive ketones (excluding diaryl/α,β-unsaturated/α-hetero) is 1. The summed E-state index contributed by atoms with van der Waals surface area (Å²) in [7, 11) is 0. The van der Waals surface area contributed by atoms with Gasteiger partial charge in [-0.3, -0.25) is 4.79 Å². The molecule has 1 atom stereocenters. The number of ether oxygens (including phenoxy) is 2. The van der Waals surface area contributed by atoms with Crippen molar-refractivity contribution in [1.29, 1.82) is 0 Å². The first-order valence-corrected chi connectivity index (χ1v) is 12.8. The third-order valence-electron chi connectivity index (χ3n) is 7.38. The Bertz CT molecular complexity index is 1310. The zero-order valence-electron chi connectivity index (χ0n) is 20.9. The lowest BCUT2D eigenvalue weighted by atomic mass is 9.85. The van der Waals surface area contributed by atoms with Crippen molar-refractivity contribution in [1.82, 2.24) is 4.90 Å². The van der Waals surface area contributed by atoms with E-state index in [4.69, 9.17) is 9.47 Å². The van der Waals surface area contributed by atoms with Crippen LogP contribution in [-0.4, -0.2) is 41.6 Å². The Morgan fingerprint density at radius 3 is 2.00 bits per heavy atom. The molecule has 2 aliphatic heterocycles. The van der Waals surface area contributed by atoms with Crippen molar-refractivity contribution < 1.29 is 37.0 Å². The van der Waals surface area contributed by atoms with Crippen LogP contribution in [0.3, 0.4) is 0 Å². The predicted octanol–water partition coefficient (Wildman–Crippen LogP) is 5.36. The zero-order chi connectivity index (χ0) is 27.6. The van der Waals surface area contributed by atoms with Crippen LogP contribution in [0.4, 0.5) is 13.2 Å². The van der Waals surface area contributed by atoms with Gasteiger partial charge in [-0.1, -0.05) is 36.4 Å². The maximum Gasteiger partial charge on any atom is 0.421 e. The van der Waals surface area contributed by atoms with Crippen molar-refractivity contribution in [2.45, 2.75) is 37.5 Å². The molecule has 2 saturated heterocycles. The summed E-state index contributed by atoms with van der Waals surface area (Å²) < 4.78 is 52.2. The lowest BCUT2D eigenvalue weighted by Gasteiger charge is -2.43. The van der Waals surface area contributed by atoms with E-state index in [0.717, 1.165) is 11.1 Å². The van der Waals surface area contributed by atoms with Crippen molar-refractivity contribution in [2.75, 3.05) is 13.1 Å². The summed E-state index contributed by atoms with van der Waals surface area (Å²) in [5, 5.41) is 0. The van der Waals surface area contributed by atoms with E-state index < -0.39 is 35.4 Å². The quantitative estimate of drug-likeness (QED) is 0.219. The number of rotatable bonds is 8. The molecule has 0 radical (unpaired) electrons. The average molecular weight is 538 g/mol. The Balaban J connectivity index is 1.33. The molecule has 0 N–H and O–H groups in total. The van der Waals surface area contributed by atoms with Gasteiger partial charge in [0.05, 0.1) is 12.0 Å². The molecule has 2 fully saturated rings. The van der Waals surface area contributed by atoms with Gasteiger partial charge in [-0.05, 0) is 66.8 Å². The summed E-state index contributed by atoms with van der Waals surface area (Å²) in [5.74, 6) is -6.75. The molecular formula is C30H26F3NO5. The van der Waals surface area contributed by atoms with Crippen molar-refractivity contribution >= 4 is 17.7 Å². The zero-order valence-corrected chi connectivity index (χ0v) is 20.9. The molecule has 202 valence electrons. The first-order valence-electron chi connectivity index (χ1n) is 12.8. The van der Waals surface area contributed by atoms with Crippen molar-refractivity contribution in [3.8, 4) is 0 Å². The molecule has 0 aliphatic carbocycles. The summed E-state index contributed by atoms with van der Waals surface area (Å²) in [5.41, 5.74) is 1.64. The van der Waals surface area contributed by atoms with Crippen LogP contribution in [0.5, 0.6) is 0 Å². The van der Waals surface area contributed by atoms with Crippen molar-refractivity contribution in [3.63, 3.8) is 0 Å². The monoisotopic (exact) mass is 537 g/mol.